The molecule has 118 valence electrons. The summed E-state index contributed by atoms with van der Waals surface area (Å²) in [4.78, 5) is 12.6. The second kappa shape index (κ2) is 7.59. The lowest BCUT2D eigenvalue weighted by Gasteiger charge is -2.30. The van der Waals surface area contributed by atoms with Crippen LogP contribution in [-0.4, -0.2) is 25.7 Å². The third-order valence-corrected chi connectivity index (χ3v) is 6.02. The van der Waals surface area contributed by atoms with Gasteiger partial charge in [0.15, 0.2) is 14.6 Å². The third kappa shape index (κ3) is 3.46. The molecule has 4 nitrogen and oxygen atoms in total. The van der Waals surface area contributed by atoms with Crippen LogP contribution in [0.15, 0.2) is 35.2 Å². The average molecular weight is 312 g/mol. The van der Waals surface area contributed by atoms with Gasteiger partial charge >= 0.3 is 5.97 Å². The largest absolute Gasteiger partial charge is 0.465 e. The summed E-state index contributed by atoms with van der Waals surface area (Å²) < 4.78 is 29.7. The van der Waals surface area contributed by atoms with Crippen molar-refractivity contribution >= 4 is 15.8 Å². The van der Waals surface area contributed by atoms with Crippen molar-refractivity contribution < 1.29 is 17.9 Å². The Morgan fingerprint density at radius 1 is 1.05 bits per heavy atom. The molecule has 0 radical (unpaired) electrons. The van der Waals surface area contributed by atoms with Crippen molar-refractivity contribution in [3.63, 3.8) is 0 Å². The Kier molecular flexibility index (Phi) is 6.40. The number of rotatable bonds is 8. The summed E-state index contributed by atoms with van der Waals surface area (Å²) in [6.45, 7) is 5.63. The molecule has 0 unspecified atom stereocenters. The minimum absolute atomic E-state index is 0.179. The molecule has 0 spiro atoms. The van der Waals surface area contributed by atoms with Crippen molar-refractivity contribution in [3.05, 3.63) is 30.3 Å². The van der Waals surface area contributed by atoms with Crippen LogP contribution in [0.2, 0.25) is 0 Å². The molecule has 21 heavy (non-hydrogen) atoms. The van der Waals surface area contributed by atoms with E-state index < -0.39 is 20.6 Å². The van der Waals surface area contributed by atoms with Crippen LogP contribution < -0.4 is 0 Å². The zero-order chi connectivity index (χ0) is 15.9. The molecule has 1 aromatic carbocycles. The van der Waals surface area contributed by atoms with Gasteiger partial charge in [-0.1, -0.05) is 44.9 Å². The van der Waals surface area contributed by atoms with Crippen LogP contribution in [0.3, 0.4) is 0 Å². The van der Waals surface area contributed by atoms with Gasteiger partial charge in [0, 0.05) is 0 Å². The number of hydrogen-bond acceptors (Lipinski definition) is 4. The number of carbonyl (C=O) groups excluding carboxylic acids is 1. The monoisotopic (exact) mass is 312 g/mol. The standard InChI is InChI=1S/C16H24O4S/c1-4-12-16(13-5-2,15(17)20-6-3)21(18,19)14-10-8-7-9-11-14/h7-11H,4-6,12-13H2,1-3H3. The van der Waals surface area contributed by atoms with Gasteiger partial charge in [-0.05, 0) is 31.9 Å². The van der Waals surface area contributed by atoms with Crippen LogP contribution >= 0.6 is 0 Å². The van der Waals surface area contributed by atoms with E-state index in [-0.39, 0.29) is 24.3 Å². The predicted molar refractivity (Wildman–Crippen MR) is 82.8 cm³/mol. The highest BCUT2D eigenvalue weighted by Crippen LogP contribution is 2.35. The topological polar surface area (TPSA) is 60.4 Å². The minimum Gasteiger partial charge on any atom is -0.465 e. The van der Waals surface area contributed by atoms with Gasteiger partial charge in [0.1, 0.15) is 0 Å². The Morgan fingerprint density at radius 2 is 1.57 bits per heavy atom. The normalized spacial score (nSPS) is 12.1. The van der Waals surface area contributed by atoms with Crippen molar-refractivity contribution in [1.82, 2.24) is 0 Å². The molecule has 0 saturated carbocycles. The highest BCUT2D eigenvalue weighted by Gasteiger charge is 2.51. The summed E-state index contributed by atoms with van der Waals surface area (Å²) >= 11 is 0. The molecule has 0 atom stereocenters. The van der Waals surface area contributed by atoms with E-state index in [9.17, 15) is 13.2 Å². The molecule has 0 fully saturated rings. The second-order valence-electron chi connectivity index (χ2n) is 5.03. The molecule has 0 heterocycles. The molecule has 1 rings (SSSR count). The van der Waals surface area contributed by atoms with Crippen molar-refractivity contribution in [2.24, 2.45) is 0 Å². The van der Waals surface area contributed by atoms with E-state index in [2.05, 4.69) is 0 Å². The maximum Gasteiger partial charge on any atom is 0.327 e. The summed E-state index contributed by atoms with van der Waals surface area (Å²) in [6, 6.07) is 8.16. The highest BCUT2D eigenvalue weighted by molar-refractivity contribution is 7.93. The van der Waals surface area contributed by atoms with Gasteiger partial charge in [-0.25, -0.2) is 8.42 Å². The Bertz CT molecular complexity index is 543. The van der Waals surface area contributed by atoms with Crippen molar-refractivity contribution in [3.8, 4) is 0 Å². The Labute approximate surface area is 127 Å². The van der Waals surface area contributed by atoms with Crippen molar-refractivity contribution in [1.29, 1.82) is 0 Å². The zero-order valence-electron chi connectivity index (χ0n) is 13.0. The molecule has 0 amide bonds. The molecular formula is C16H24O4S. The first kappa shape index (κ1) is 17.7. The van der Waals surface area contributed by atoms with Crippen molar-refractivity contribution in [2.75, 3.05) is 6.61 Å². The van der Waals surface area contributed by atoms with Crippen molar-refractivity contribution in [2.45, 2.75) is 56.1 Å². The Balaban J connectivity index is 3.43. The lowest BCUT2D eigenvalue weighted by atomic mass is 9.97. The van der Waals surface area contributed by atoms with Gasteiger partial charge in [-0.3, -0.25) is 4.79 Å². The maximum absolute atomic E-state index is 13.0. The predicted octanol–water partition coefficient (Wildman–Crippen LogP) is 3.36. The van der Waals surface area contributed by atoms with Crippen LogP contribution in [0.5, 0.6) is 0 Å². The van der Waals surface area contributed by atoms with Crippen LogP contribution in [-0.2, 0) is 19.4 Å². The fraction of sp³-hybridized carbons (Fsp3) is 0.562. The minimum atomic E-state index is -3.78. The van der Waals surface area contributed by atoms with Gasteiger partial charge in [0.2, 0.25) is 0 Å². The number of benzene rings is 1. The van der Waals surface area contributed by atoms with Crippen LogP contribution in [0.1, 0.15) is 46.5 Å². The first-order valence-corrected chi connectivity index (χ1v) is 8.91. The van der Waals surface area contributed by atoms with Crippen LogP contribution in [0, 0.1) is 0 Å². The fourth-order valence-corrected chi connectivity index (χ4v) is 4.79. The van der Waals surface area contributed by atoms with Gasteiger partial charge in [0.05, 0.1) is 11.5 Å². The second-order valence-corrected chi connectivity index (χ2v) is 7.29. The Morgan fingerprint density at radius 3 is 2.00 bits per heavy atom. The Hall–Kier alpha value is -1.36. The summed E-state index contributed by atoms with van der Waals surface area (Å²) in [7, 11) is -3.78. The number of hydrogen-bond donors (Lipinski definition) is 0. The molecule has 0 aliphatic rings. The lowest BCUT2D eigenvalue weighted by Crippen LogP contribution is -2.47. The quantitative estimate of drug-likeness (QED) is 0.691. The van der Waals surface area contributed by atoms with Crippen LogP contribution in [0.25, 0.3) is 0 Å². The molecule has 0 saturated heterocycles. The van der Waals surface area contributed by atoms with E-state index in [1.807, 2.05) is 13.8 Å². The SMILES string of the molecule is CCCC(CCC)(C(=O)OCC)S(=O)(=O)c1ccccc1. The number of sulfone groups is 1. The number of carbonyl (C=O) groups is 1. The maximum atomic E-state index is 13.0. The lowest BCUT2D eigenvalue weighted by molar-refractivity contribution is -0.146. The van der Waals surface area contributed by atoms with Gasteiger partial charge in [0.25, 0.3) is 0 Å². The van der Waals surface area contributed by atoms with E-state index in [1.165, 1.54) is 12.1 Å². The summed E-state index contributed by atoms with van der Waals surface area (Å²) in [5.74, 6) is -0.627. The number of ether oxygens (including phenoxy) is 1. The van der Waals surface area contributed by atoms with E-state index in [1.54, 1.807) is 25.1 Å². The smallest absolute Gasteiger partial charge is 0.327 e. The average Bonchev–Trinajstić information content (AvgIpc) is 2.47. The molecule has 1 aromatic rings. The fourth-order valence-electron chi connectivity index (χ4n) is 2.60. The van der Waals surface area contributed by atoms with E-state index in [0.717, 1.165) is 0 Å². The molecular weight excluding hydrogens is 288 g/mol. The summed E-state index contributed by atoms with van der Waals surface area (Å²) in [5, 5.41) is 0. The molecule has 0 aromatic heterocycles. The van der Waals surface area contributed by atoms with E-state index in [0.29, 0.717) is 12.8 Å². The van der Waals surface area contributed by atoms with Gasteiger partial charge in [-0.2, -0.15) is 0 Å². The summed E-state index contributed by atoms with van der Waals surface area (Å²) in [5.41, 5.74) is 0. The highest BCUT2D eigenvalue weighted by atomic mass is 32.2. The molecule has 0 aliphatic heterocycles. The molecule has 5 heteroatoms. The van der Waals surface area contributed by atoms with E-state index >= 15 is 0 Å². The first-order valence-electron chi connectivity index (χ1n) is 7.43. The van der Waals surface area contributed by atoms with E-state index in [4.69, 9.17) is 4.74 Å². The molecule has 0 N–H and O–H groups in total. The summed E-state index contributed by atoms with van der Waals surface area (Å²) in [6.07, 6.45) is 1.75. The van der Waals surface area contributed by atoms with Crippen LogP contribution in [0.4, 0.5) is 0 Å². The molecule has 0 aliphatic carbocycles. The number of esters is 1. The van der Waals surface area contributed by atoms with Gasteiger partial charge < -0.3 is 4.74 Å². The molecule has 0 bridgehead atoms. The third-order valence-electron chi connectivity index (χ3n) is 3.52. The zero-order valence-corrected chi connectivity index (χ0v) is 13.8. The van der Waals surface area contributed by atoms with Gasteiger partial charge in [-0.15, -0.1) is 0 Å². The first-order chi connectivity index (χ1) is 9.96.